The van der Waals surface area contributed by atoms with Crippen LogP contribution in [-0.4, -0.2) is 37.3 Å². The van der Waals surface area contributed by atoms with Crippen LogP contribution in [-0.2, 0) is 22.2 Å². The maximum Gasteiger partial charge on any atom is 0.246 e. The number of aryl methyl sites for hydroxylation is 1. The Morgan fingerprint density at radius 1 is 1.15 bits per heavy atom. The van der Waals surface area contributed by atoms with Crippen LogP contribution in [0, 0.1) is 0 Å². The monoisotopic (exact) mass is 479 g/mol. The van der Waals surface area contributed by atoms with E-state index in [0.717, 1.165) is 43.5 Å². The number of aromatic hydroxyl groups is 1. The number of phenols is 1. The van der Waals surface area contributed by atoms with E-state index in [9.17, 15) is 9.90 Å². The van der Waals surface area contributed by atoms with Crippen LogP contribution >= 0.6 is 0 Å². The predicted molar refractivity (Wildman–Crippen MR) is 144 cm³/mol. The van der Waals surface area contributed by atoms with Crippen molar-refractivity contribution in [3.05, 3.63) is 70.8 Å². The molecular weight excluding hydrogens is 438 g/mol. The van der Waals surface area contributed by atoms with E-state index >= 15 is 0 Å². The van der Waals surface area contributed by atoms with Gasteiger partial charge in [-0.2, -0.15) is 0 Å². The third-order valence-corrected chi connectivity index (χ3v) is 12.1. The molecule has 0 aromatic heterocycles. The number of nitrogens with zero attached hydrogens (tertiary/aromatic N) is 1. The van der Waals surface area contributed by atoms with E-state index in [1.807, 2.05) is 23.1 Å². The van der Waals surface area contributed by atoms with E-state index in [1.54, 1.807) is 12.1 Å². The number of likely N-dealkylation sites (tertiary alicyclic amines) is 1. The van der Waals surface area contributed by atoms with Gasteiger partial charge >= 0.3 is 0 Å². The van der Waals surface area contributed by atoms with Crippen molar-refractivity contribution in [2.45, 2.75) is 77.6 Å². The standard InChI is InChI=1S/C29H41NO3Si/c1-7-22-10-8-12-25(20-22)23-16-18-30(19-17-23)28(32)15-14-24-11-9-13-27(31)26(24)21-33-34(5,6)29(2,3)4/h8-15,20,23,31H,7,16-19,21H2,1-6H3/b15-14+. The second kappa shape index (κ2) is 10.9. The third-order valence-electron chi connectivity index (χ3n) is 7.61. The van der Waals surface area contributed by atoms with Crippen molar-refractivity contribution in [1.82, 2.24) is 4.90 Å². The summed E-state index contributed by atoms with van der Waals surface area (Å²) < 4.78 is 6.34. The molecule has 1 aliphatic rings. The van der Waals surface area contributed by atoms with Gasteiger partial charge in [-0.1, -0.05) is 64.1 Å². The molecule has 0 atom stereocenters. The highest BCUT2D eigenvalue weighted by Gasteiger charge is 2.37. The molecule has 1 aliphatic heterocycles. The van der Waals surface area contributed by atoms with E-state index in [-0.39, 0.29) is 16.7 Å². The first-order chi connectivity index (χ1) is 16.0. The predicted octanol–water partition coefficient (Wildman–Crippen LogP) is 6.90. The molecule has 1 fully saturated rings. The van der Waals surface area contributed by atoms with Crippen LogP contribution in [0.15, 0.2) is 48.5 Å². The molecule has 0 radical (unpaired) electrons. The lowest BCUT2D eigenvalue weighted by Crippen LogP contribution is -2.40. The fourth-order valence-corrected chi connectivity index (χ4v) is 5.08. The molecule has 1 N–H and O–H groups in total. The zero-order valence-electron chi connectivity index (χ0n) is 21.7. The number of amides is 1. The summed E-state index contributed by atoms with van der Waals surface area (Å²) in [5, 5.41) is 10.6. The highest BCUT2D eigenvalue weighted by Crippen LogP contribution is 2.38. The molecule has 3 rings (SSSR count). The first-order valence-electron chi connectivity index (χ1n) is 12.5. The number of rotatable bonds is 7. The molecule has 0 aliphatic carbocycles. The lowest BCUT2D eigenvalue weighted by atomic mass is 9.88. The van der Waals surface area contributed by atoms with Crippen LogP contribution in [0.2, 0.25) is 18.1 Å². The first kappa shape index (κ1) is 26.2. The Hall–Kier alpha value is -2.37. The Kier molecular flexibility index (Phi) is 8.42. The minimum absolute atomic E-state index is 0.0281. The van der Waals surface area contributed by atoms with Gasteiger partial charge < -0.3 is 14.4 Å². The fraction of sp³-hybridized carbons (Fsp3) is 0.483. The fourth-order valence-electron chi connectivity index (χ4n) is 4.14. The van der Waals surface area contributed by atoms with Crippen molar-refractivity contribution in [3.63, 3.8) is 0 Å². The Balaban J connectivity index is 1.63. The maximum absolute atomic E-state index is 12.9. The number of hydrogen-bond donors (Lipinski definition) is 1. The summed E-state index contributed by atoms with van der Waals surface area (Å²) in [7, 11) is -1.96. The van der Waals surface area contributed by atoms with Crippen molar-refractivity contribution < 1.29 is 14.3 Å². The summed E-state index contributed by atoms with van der Waals surface area (Å²) in [6, 6.07) is 14.3. The molecule has 1 heterocycles. The minimum atomic E-state index is -1.96. The van der Waals surface area contributed by atoms with E-state index in [4.69, 9.17) is 4.43 Å². The summed E-state index contributed by atoms with van der Waals surface area (Å²) in [5.41, 5.74) is 4.34. The lowest BCUT2D eigenvalue weighted by molar-refractivity contribution is -0.126. The van der Waals surface area contributed by atoms with Gasteiger partial charge in [0.1, 0.15) is 5.75 Å². The molecule has 0 unspecified atom stereocenters. The van der Waals surface area contributed by atoms with Crippen LogP contribution in [0.4, 0.5) is 0 Å². The zero-order valence-corrected chi connectivity index (χ0v) is 22.7. The summed E-state index contributed by atoms with van der Waals surface area (Å²) >= 11 is 0. The molecular formula is C29H41NO3Si. The molecule has 0 bridgehead atoms. The van der Waals surface area contributed by atoms with Crippen molar-refractivity contribution in [1.29, 1.82) is 0 Å². The number of benzene rings is 2. The average Bonchev–Trinajstić information content (AvgIpc) is 2.81. The second-order valence-electron chi connectivity index (χ2n) is 10.9. The van der Waals surface area contributed by atoms with Gasteiger partial charge in [0.05, 0.1) is 6.61 Å². The summed E-state index contributed by atoms with van der Waals surface area (Å²) in [6.07, 6.45) is 6.49. The lowest BCUT2D eigenvalue weighted by Gasteiger charge is -2.36. The summed E-state index contributed by atoms with van der Waals surface area (Å²) in [4.78, 5) is 14.8. The number of phenolic OH excluding ortho intramolecular Hbond substituents is 1. The molecule has 2 aromatic rings. The molecule has 4 nitrogen and oxygen atoms in total. The van der Waals surface area contributed by atoms with Crippen LogP contribution in [0.3, 0.4) is 0 Å². The molecule has 2 aromatic carbocycles. The van der Waals surface area contributed by atoms with E-state index in [0.29, 0.717) is 12.5 Å². The number of hydrogen-bond acceptors (Lipinski definition) is 3. The normalized spacial score (nSPS) is 15.8. The second-order valence-corrected chi connectivity index (χ2v) is 15.7. The molecule has 0 spiro atoms. The van der Waals surface area contributed by atoms with Crippen molar-refractivity contribution in [2.75, 3.05) is 13.1 Å². The van der Waals surface area contributed by atoms with Gasteiger partial charge in [-0.3, -0.25) is 4.79 Å². The molecule has 0 saturated carbocycles. The molecule has 184 valence electrons. The van der Waals surface area contributed by atoms with Crippen LogP contribution in [0.5, 0.6) is 5.75 Å². The van der Waals surface area contributed by atoms with E-state index in [2.05, 4.69) is 65.1 Å². The number of carbonyl (C=O) groups excluding carboxylic acids is 1. The molecule has 5 heteroatoms. The number of carbonyl (C=O) groups is 1. The smallest absolute Gasteiger partial charge is 0.246 e. The highest BCUT2D eigenvalue weighted by molar-refractivity contribution is 6.74. The van der Waals surface area contributed by atoms with E-state index < -0.39 is 8.32 Å². The third kappa shape index (κ3) is 6.39. The van der Waals surface area contributed by atoms with Gasteiger partial charge in [-0.25, -0.2) is 0 Å². The topological polar surface area (TPSA) is 49.8 Å². The van der Waals surface area contributed by atoms with Gasteiger partial charge in [-0.15, -0.1) is 0 Å². The quantitative estimate of drug-likeness (QED) is 0.347. The molecule has 1 amide bonds. The Morgan fingerprint density at radius 2 is 1.82 bits per heavy atom. The average molecular weight is 480 g/mol. The Labute approximate surface area is 206 Å². The molecule has 1 saturated heterocycles. The maximum atomic E-state index is 12.9. The van der Waals surface area contributed by atoms with Gasteiger partial charge in [0, 0.05) is 24.7 Å². The largest absolute Gasteiger partial charge is 0.508 e. The minimum Gasteiger partial charge on any atom is -0.508 e. The van der Waals surface area contributed by atoms with Crippen LogP contribution < -0.4 is 0 Å². The van der Waals surface area contributed by atoms with Gasteiger partial charge in [0.25, 0.3) is 0 Å². The van der Waals surface area contributed by atoms with Crippen molar-refractivity contribution in [2.24, 2.45) is 0 Å². The first-order valence-corrected chi connectivity index (χ1v) is 15.4. The van der Waals surface area contributed by atoms with Crippen molar-refractivity contribution in [3.8, 4) is 5.75 Å². The van der Waals surface area contributed by atoms with Gasteiger partial charge in [0.15, 0.2) is 8.32 Å². The van der Waals surface area contributed by atoms with Crippen LogP contribution in [0.25, 0.3) is 6.08 Å². The zero-order chi connectivity index (χ0) is 24.9. The van der Waals surface area contributed by atoms with E-state index in [1.165, 1.54) is 11.1 Å². The molecule has 34 heavy (non-hydrogen) atoms. The Bertz CT molecular complexity index is 1010. The SMILES string of the molecule is CCc1cccc(C2CCN(C(=O)/C=C/c3cccc(O)c3CO[Si](C)(C)C(C)(C)C)CC2)c1. The van der Waals surface area contributed by atoms with Gasteiger partial charge in [-0.05, 0) is 72.1 Å². The highest BCUT2D eigenvalue weighted by atomic mass is 28.4. The number of piperidine rings is 1. The summed E-state index contributed by atoms with van der Waals surface area (Å²) in [5.74, 6) is 0.758. The van der Waals surface area contributed by atoms with Crippen molar-refractivity contribution >= 4 is 20.3 Å². The Morgan fingerprint density at radius 3 is 2.47 bits per heavy atom. The van der Waals surface area contributed by atoms with Crippen LogP contribution in [0.1, 0.15) is 68.7 Å². The summed E-state index contributed by atoms with van der Waals surface area (Å²) in [6.45, 7) is 15.1. The van der Waals surface area contributed by atoms with Gasteiger partial charge in [0.2, 0.25) is 5.91 Å².